The van der Waals surface area contributed by atoms with Gasteiger partial charge in [0, 0.05) is 29.6 Å². The minimum Gasteiger partial charge on any atom is -0.352 e. The maximum absolute atomic E-state index is 14.8. The van der Waals surface area contributed by atoms with Crippen molar-refractivity contribution in [1.82, 2.24) is 10.2 Å². The predicted molar refractivity (Wildman–Crippen MR) is 153 cm³/mol. The summed E-state index contributed by atoms with van der Waals surface area (Å²) in [6.07, 6.45) is 1.14. The third-order valence-corrected chi connectivity index (χ3v) is 7.67. The summed E-state index contributed by atoms with van der Waals surface area (Å²) in [5.41, 5.74) is 1.94. The van der Waals surface area contributed by atoms with Crippen LogP contribution in [0.2, 0.25) is 5.02 Å². The first-order valence-corrected chi connectivity index (χ1v) is 14.7. The summed E-state index contributed by atoms with van der Waals surface area (Å²) in [6.45, 7) is 4.54. The number of hydrogen-bond donors (Lipinski definition) is 1. The Morgan fingerprint density at radius 3 is 2.23 bits per heavy atom. The fourth-order valence-electron chi connectivity index (χ4n) is 4.10. The van der Waals surface area contributed by atoms with Gasteiger partial charge in [-0.15, -0.1) is 0 Å². The molecule has 3 aromatic rings. The first kappa shape index (κ1) is 30.1. The second-order valence-corrected chi connectivity index (χ2v) is 12.0. The van der Waals surface area contributed by atoms with Gasteiger partial charge in [-0.25, -0.2) is 12.8 Å². The van der Waals surface area contributed by atoms with Crippen molar-refractivity contribution in [2.24, 2.45) is 0 Å². The molecule has 0 heterocycles. The highest BCUT2D eigenvalue weighted by Gasteiger charge is 2.33. The molecule has 39 heavy (non-hydrogen) atoms. The summed E-state index contributed by atoms with van der Waals surface area (Å²) in [5, 5.41) is 3.19. The van der Waals surface area contributed by atoms with Crippen LogP contribution in [0.25, 0.3) is 0 Å². The number of carbonyl (C=O) groups excluding carboxylic acids is 2. The summed E-state index contributed by atoms with van der Waals surface area (Å²) >= 11 is 6.25. The van der Waals surface area contributed by atoms with E-state index in [1.165, 1.54) is 29.2 Å². The molecule has 1 N–H and O–H groups in total. The van der Waals surface area contributed by atoms with Gasteiger partial charge in [-0.3, -0.25) is 13.9 Å². The maximum atomic E-state index is 14.8. The molecule has 10 heteroatoms. The van der Waals surface area contributed by atoms with Crippen molar-refractivity contribution in [3.05, 3.63) is 100 Å². The normalized spacial score (nSPS) is 12.2. The Balaban J connectivity index is 2.08. The van der Waals surface area contributed by atoms with Crippen LogP contribution in [-0.2, 0) is 32.6 Å². The fraction of sp³-hybridized carbons (Fsp3) is 0.310. The van der Waals surface area contributed by atoms with Gasteiger partial charge in [0.25, 0.3) is 0 Å². The number of amides is 2. The molecule has 0 saturated heterocycles. The quantitative estimate of drug-likeness (QED) is 0.360. The van der Waals surface area contributed by atoms with Crippen LogP contribution in [0.1, 0.15) is 30.5 Å². The summed E-state index contributed by atoms with van der Waals surface area (Å²) in [7, 11) is -3.93. The second kappa shape index (κ2) is 13.1. The lowest BCUT2D eigenvalue weighted by atomic mass is 10.0. The number of sulfonamides is 1. The van der Waals surface area contributed by atoms with Crippen molar-refractivity contribution in [3.8, 4) is 0 Å². The number of halogens is 2. The molecular formula is C29H33ClFN3O4S. The number of benzene rings is 3. The standard InChI is InChI=1S/C29H33ClFN3O4S/c1-20(2)32-29(36)27(16-22-10-6-5-7-11-22)33(18-23-12-8-9-13-26(23)31)28(35)19-34(39(4,37)38)24-15-14-21(3)25(30)17-24/h5-15,17,20,27H,16,18-19H2,1-4H3,(H,32,36). The van der Waals surface area contributed by atoms with Gasteiger partial charge in [0.05, 0.1) is 11.9 Å². The molecule has 0 spiro atoms. The minimum atomic E-state index is -3.93. The van der Waals surface area contributed by atoms with Crippen molar-refractivity contribution in [2.75, 3.05) is 17.1 Å². The van der Waals surface area contributed by atoms with Gasteiger partial charge >= 0.3 is 0 Å². The Morgan fingerprint density at radius 1 is 1.00 bits per heavy atom. The number of anilines is 1. The third kappa shape index (κ3) is 8.28. The average molecular weight is 574 g/mol. The van der Waals surface area contributed by atoms with Gasteiger partial charge in [0.1, 0.15) is 18.4 Å². The third-order valence-electron chi connectivity index (χ3n) is 6.12. The molecule has 0 aliphatic heterocycles. The lowest BCUT2D eigenvalue weighted by Gasteiger charge is -2.34. The molecule has 3 rings (SSSR count). The topological polar surface area (TPSA) is 86.8 Å². The van der Waals surface area contributed by atoms with Crippen LogP contribution in [0, 0.1) is 12.7 Å². The van der Waals surface area contributed by atoms with E-state index in [0.717, 1.165) is 21.7 Å². The molecule has 2 amide bonds. The first-order chi connectivity index (χ1) is 18.4. The Kier molecular flexibility index (Phi) is 10.1. The van der Waals surface area contributed by atoms with Crippen LogP contribution in [0.4, 0.5) is 10.1 Å². The fourth-order valence-corrected chi connectivity index (χ4v) is 5.11. The predicted octanol–water partition coefficient (Wildman–Crippen LogP) is 4.72. The maximum Gasteiger partial charge on any atom is 0.244 e. The van der Waals surface area contributed by atoms with Crippen molar-refractivity contribution in [3.63, 3.8) is 0 Å². The molecule has 7 nitrogen and oxygen atoms in total. The Bertz CT molecular complexity index is 1420. The van der Waals surface area contributed by atoms with Crippen LogP contribution in [-0.4, -0.2) is 50.0 Å². The van der Waals surface area contributed by atoms with Gasteiger partial charge in [-0.1, -0.05) is 66.2 Å². The summed E-state index contributed by atoms with van der Waals surface area (Å²) in [4.78, 5) is 28.7. The summed E-state index contributed by atoms with van der Waals surface area (Å²) < 4.78 is 41.3. The van der Waals surface area contributed by atoms with E-state index >= 15 is 0 Å². The van der Waals surface area contributed by atoms with Crippen molar-refractivity contribution in [2.45, 2.75) is 45.8 Å². The summed E-state index contributed by atoms with van der Waals surface area (Å²) in [6, 6.07) is 18.6. The van der Waals surface area contributed by atoms with Gasteiger partial charge in [-0.05, 0) is 50.1 Å². The van der Waals surface area contributed by atoms with E-state index in [1.54, 1.807) is 39.0 Å². The SMILES string of the molecule is Cc1ccc(N(CC(=O)N(Cc2ccccc2F)C(Cc2ccccc2)C(=O)NC(C)C)S(C)(=O)=O)cc1Cl. The second-order valence-electron chi connectivity index (χ2n) is 9.68. The minimum absolute atomic E-state index is 0.148. The van der Waals surface area contributed by atoms with Crippen molar-refractivity contribution in [1.29, 1.82) is 0 Å². The van der Waals surface area contributed by atoms with Crippen LogP contribution in [0.3, 0.4) is 0 Å². The Labute approximate surface area is 234 Å². The number of nitrogens with zero attached hydrogens (tertiary/aromatic N) is 2. The van der Waals surface area contributed by atoms with E-state index in [-0.39, 0.29) is 30.3 Å². The van der Waals surface area contributed by atoms with E-state index < -0.39 is 40.2 Å². The number of carbonyl (C=O) groups is 2. The molecule has 3 aromatic carbocycles. The van der Waals surface area contributed by atoms with E-state index in [2.05, 4.69) is 5.32 Å². The number of aryl methyl sites for hydroxylation is 1. The number of hydrogen-bond acceptors (Lipinski definition) is 4. The number of rotatable bonds is 11. The Morgan fingerprint density at radius 2 is 1.64 bits per heavy atom. The zero-order valence-corrected chi connectivity index (χ0v) is 24.0. The molecule has 0 aliphatic carbocycles. The lowest BCUT2D eigenvalue weighted by Crippen LogP contribution is -2.54. The van der Waals surface area contributed by atoms with Gasteiger partial charge in [-0.2, -0.15) is 0 Å². The zero-order chi connectivity index (χ0) is 28.7. The monoisotopic (exact) mass is 573 g/mol. The van der Waals surface area contributed by atoms with Gasteiger partial charge in [0.15, 0.2) is 0 Å². The molecule has 0 bridgehead atoms. The highest BCUT2D eigenvalue weighted by molar-refractivity contribution is 7.92. The molecule has 0 saturated carbocycles. The van der Waals surface area contributed by atoms with Crippen molar-refractivity contribution < 1.29 is 22.4 Å². The van der Waals surface area contributed by atoms with Gasteiger partial charge in [0.2, 0.25) is 21.8 Å². The van der Waals surface area contributed by atoms with Gasteiger partial charge < -0.3 is 10.2 Å². The first-order valence-electron chi connectivity index (χ1n) is 12.5. The average Bonchev–Trinajstić information content (AvgIpc) is 2.87. The smallest absolute Gasteiger partial charge is 0.244 e. The van der Waals surface area contributed by atoms with Crippen LogP contribution in [0.5, 0.6) is 0 Å². The highest BCUT2D eigenvalue weighted by atomic mass is 35.5. The van der Waals surface area contributed by atoms with Crippen LogP contribution in [0.15, 0.2) is 72.8 Å². The van der Waals surface area contributed by atoms with E-state index in [1.807, 2.05) is 30.3 Å². The molecule has 208 valence electrons. The van der Waals surface area contributed by atoms with Crippen LogP contribution < -0.4 is 9.62 Å². The van der Waals surface area contributed by atoms with Crippen LogP contribution >= 0.6 is 11.6 Å². The Hall–Kier alpha value is -3.43. The zero-order valence-electron chi connectivity index (χ0n) is 22.4. The molecule has 0 aromatic heterocycles. The molecule has 0 radical (unpaired) electrons. The lowest BCUT2D eigenvalue weighted by molar-refractivity contribution is -0.140. The van der Waals surface area contributed by atoms with E-state index in [4.69, 9.17) is 11.6 Å². The molecular weight excluding hydrogens is 541 g/mol. The molecule has 1 unspecified atom stereocenters. The molecule has 1 atom stereocenters. The molecule has 0 aliphatic rings. The molecule has 0 fully saturated rings. The number of nitrogens with one attached hydrogen (secondary N) is 1. The highest BCUT2D eigenvalue weighted by Crippen LogP contribution is 2.26. The summed E-state index contributed by atoms with van der Waals surface area (Å²) in [5.74, 6) is -1.63. The largest absolute Gasteiger partial charge is 0.352 e. The van der Waals surface area contributed by atoms with E-state index in [9.17, 15) is 22.4 Å². The van der Waals surface area contributed by atoms with E-state index in [0.29, 0.717) is 5.02 Å². The van der Waals surface area contributed by atoms with Crippen molar-refractivity contribution >= 4 is 39.1 Å².